The highest BCUT2D eigenvalue weighted by Crippen LogP contribution is 2.05. The van der Waals surface area contributed by atoms with Gasteiger partial charge in [0.15, 0.2) is 0 Å². The van der Waals surface area contributed by atoms with Crippen LogP contribution in [-0.4, -0.2) is 11.5 Å². The van der Waals surface area contributed by atoms with Crippen molar-refractivity contribution in [2.24, 2.45) is 0 Å². The van der Waals surface area contributed by atoms with Crippen molar-refractivity contribution in [2.75, 3.05) is 0 Å². The van der Waals surface area contributed by atoms with Gasteiger partial charge in [0.1, 0.15) is 6.10 Å². The van der Waals surface area contributed by atoms with E-state index in [-0.39, 0.29) is 6.10 Å². The van der Waals surface area contributed by atoms with Crippen molar-refractivity contribution in [1.29, 1.82) is 0 Å². The first-order valence-corrected chi connectivity index (χ1v) is 3.90. The normalized spacial score (nSPS) is 12.7. The third-order valence-electron chi connectivity index (χ3n) is 1.26. The van der Waals surface area contributed by atoms with Crippen LogP contribution in [0.4, 0.5) is 4.79 Å². The lowest BCUT2D eigenvalue weighted by atomic mass is 10.2. The molecule has 0 unspecified atom stereocenters. The minimum Gasteiger partial charge on any atom is -0.451 e. The molecular formula is C7H13ClO2. The predicted molar refractivity (Wildman–Crippen MR) is 41.3 cm³/mol. The van der Waals surface area contributed by atoms with Gasteiger partial charge in [0.2, 0.25) is 0 Å². The first-order chi connectivity index (χ1) is 4.66. The summed E-state index contributed by atoms with van der Waals surface area (Å²) in [7, 11) is 0. The summed E-state index contributed by atoms with van der Waals surface area (Å²) in [4.78, 5) is 10.2. The summed E-state index contributed by atoms with van der Waals surface area (Å²) >= 11 is 4.99. The maximum absolute atomic E-state index is 10.2. The van der Waals surface area contributed by atoms with Crippen LogP contribution in [0, 0.1) is 0 Å². The van der Waals surface area contributed by atoms with Crippen LogP contribution in [0.1, 0.15) is 33.1 Å². The summed E-state index contributed by atoms with van der Waals surface area (Å²) in [6.07, 6.45) is 3.05. The second-order valence-corrected chi connectivity index (χ2v) is 2.62. The fraction of sp³-hybridized carbons (Fsp3) is 0.857. The summed E-state index contributed by atoms with van der Waals surface area (Å²) in [5.41, 5.74) is -0.705. The first-order valence-electron chi connectivity index (χ1n) is 3.53. The van der Waals surface area contributed by atoms with Crippen LogP contribution in [0.25, 0.3) is 0 Å². The number of rotatable bonds is 4. The van der Waals surface area contributed by atoms with Crippen molar-refractivity contribution in [3.05, 3.63) is 0 Å². The molecule has 0 saturated carbocycles. The number of ether oxygens (including phenoxy) is 1. The van der Waals surface area contributed by atoms with Crippen LogP contribution in [0.5, 0.6) is 0 Å². The van der Waals surface area contributed by atoms with E-state index in [1.165, 1.54) is 0 Å². The first kappa shape index (κ1) is 9.76. The number of hydrogen-bond acceptors (Lipinski definition) is 2. The Morgan fingerprint density at radius 3 is 2.70 bits per heavy atom. The molecule has 1 atom stereocenters. The molecule has 0 fully saturated rings. The van der Waals surface area contributed by atoms with E-state index >= 15 is 0 Å². The highest BCUT2D eigenvalue weighted by atomic mass is 35.5. The van der Waals surface area contributed by atoms with Gasteiger partial charge in [-0.1, -0.05) is 19.8 Å². The molecule has 0 saturated heterocycles. The number of carbonyl (C=O) groups is 1. The van der Waals surface area contributed by atoms with E-state index in [9.17, 15) is 4.79 Å². The topological polar surface area (TPSA) is 26.3 Å². The fourth-order valence-corrected chi connectivity index (χ4v) is 0.861. The Hall–Kier alpha value is -0.240. The zero-order chi connectivity index (χ0) is 7.98. The van der Waals surface area contributed by atoms with Crippen molar-refractivity contribution in [3.8, 4) is 0 Å². The van der Waals surface area contributed by atoms with Crippen molar-refractivity contribution in [1.82, 2.24) is 0 Å². The van der Waals surface area contributed by atoms with Crippen LogP contribution in [0.15, 0.2) is 0 Å². The lowest BCUT2D eigenvalue weighted by Gasteiger charge is -2.08. The third-order valence-corrected chi connectivity index (χ3v) is 1.35. The number of carbonyl (C=O) groups excluding carboxylic acids is 1. The summed E-state index contributed by atoms with van der Waals surface area (Å²) in [5, 5.41) is 0. The van der Waals surface area contributed by atoms with Gasteiger partial charge in [-0.3, -0.25) is 0 Å². The molecule has 0 N–H and O–H groups in total. The van der Waals surface area contributed by atoms with Crippen molar-refractivity contribution < 1.29 is 9.53 Å². The van der Waals surface area contributed by atoms with Gasteiger partial charge in [0, 0.05) is 11.6 Å². The van der Waals surface area contributed by atoms with Crippen LogP contribution >= 0.6 is 11.6 Å². The van der Waals surface area contributed by atoms with Gasteiger partial charge < -0.3 is 4.74 Å². The van der Waals surface area contributed by atoms with Crippen LogP contribution < -0.4 is 0 Å². The molecule has 2 nitrogen and oxygen atoms in total. The largest absolute Gasteiger partial charge is 0.451 e. The van der Waals surface area contributed by atoms with E-state index in [0.717, 1.165) is 19.3 Å². The van der Waals surface area contributed by atoms with E-state index in [1.54, 1.807) is 0 Å². The zero-order valence-corrected chi connectivity index (χ0v) is 7.15. The smallest absolute Gasteiger partial charge is 0.404 e. The van der Waals surface area contributed by atoms with Gasteiger partial charge in [0.25, 0.3) is 0 Å². The third kappa shape index (κ3) is 5.89. The number of halogens is 1. The molecule has 0 bridgehead atoms. The fourth-order valence-electron chi connectivity index (χ4n) is 0.709. The second-order valence-electron chi connectivity index (χ2n) is 2.31. The van der Waals surface area contributed by atoms with Gasteiger partial charge >= 0.3 is 5.43 Å². The standard InChI is InChI=1S/C7H13ClO2/c1-3-4-5-6(2)10-7(8)9/h6H,3-5H2,1-2H3/t6-/m1/s1. The van der Waals surface area contributed by atoms with E-state index in [1.807, 2.05) is 6.92 Å². The molecule has 10 heavy (non-hydrogen) atoms. The number of hydrogen-bond donors (Lipinski definition) is 0. The SMILES string of the molecule is CCCC[C@@H](C)OC(=O)Cl. The van der Waals surface area contributed by atoms with Crippen LogP contribution in [0.2, 0.25) is 0 Å². The van der Waals surface area contributed by atoms with Crippen molar-refractivity contribution in [3.63, 3.8) is 0 Å². The van der Waals surface area contributed by atoms with Crippen molar-refractivity contribution >= 4 is 17.0 Å². The second kappa shape index (κ2) is 5.54. The molecule has 0 heterocycles. The molecule has 3 heteroatoms. The summed E-state index contributed by atoms with van der Waals surface area (Å²) in [6.45, 7) is 3.94. The predicted octanol–water partition coefficient (Wildman–Crippen LogP) is 2.94. The Kier molecular flexibility index (Phi) is 5.40. The highest BCUT2D eigenvalue weighted by Gasteiger charge is 2.04. The quantitative estimate of drug-likeness (QED) is 0.598. The molecule has 0 aliphatic rings. The molecule has 0 spiro atoms. The van der Waals surface area contributed by atoms with E-state index < -0.39 is 5.43 Å². The monoisotopic (exact) mass is 164 g/mol. The Labute approximate surface area is 66.5 Å². The van der Waals surface area contributed by atoms with Gasteiger partial charge in [-0.25, -0.2) is 4.79 Å². The molecule has 0 aliphatic carbocycles. The average molecular weight is 165 g/mol. The lowest BCUT2D eigenvalue weighted by Crippen LogP contribution is -2.09. The number of unbranched alkanes of at least 4 members (excludes halogenated alkanes) is 1. The van der Waals surface area contributed by atoms with Gasteiger partial charge in [-0.15, -0.1) is 0 Å². The van der Waals surface area contributed by atoms with Gasteiger partial charge in [-0.2, -0.15) is 0 Å². The van der Waals surface area contributed by atoms with E-state index in [2.05, 4.69) is 11.7 Å². The summed E-state index contributed by atoms with van der Waals surface area (Å²) in [5.74, 6) is 0. The molecule has 0 amide bonds. The van der Waals surface area contributed by atoms with E-state index in [4.69, 9.17) is 11.6 Å². The van der Waals surface area contributed by atoms with E-state index in [0.29, 0.717) is 0 Å². The maximum Gasteiger partial charge on any atom is 0.404 e. The van der Waals surface area contributed by atoms with Crippen molar-refractivity contribution in [2.45, 2.75) is 39.2 Å². The Morgan fingerprint density at radius 2 is 2.30 bits per heavy atom. The molecule has 0 aromatic carbocycles. The molecule has 0 aromatic rings. The average Bonchev–Trinajstić information content (AvgIpc) is 1.82. The zero-order valence-electron chi connectivity index (χ0n) is 6.39. The molecule has 0 aromatic heterocycles. The highest BCUT2D eigenvalue weighted by molar-refractivity contribution is 6.61. The Morgan fingerprint density at radius 1 is 1.70 bits per heavy atom. The Bertz CT molecular complexity index is 104. The molecule has 60 valence electrons. The molecule has 0 rings (SSSR count). The Balaban J connectivity index is 3.25. The summed E-state index contributed by atoms with van der Waals surface area (Å²) < 4.78 is 4.68. The molecular weight excluding hydrogens is 152 g/mol. The lowest BCUT2D eigenvalue weighted by molar-refractivity contribution is 0.125. The minimum absolute atomic E-state index is 0.0371. The van der Waals surface area contributed by atoms with Gasteiger partial charge in [-0.05, 0) is 13.3 Å². The van der Waals surface area contributed by atoms with Crippen LogP contribution in [0.3, 0.4) is 0 Å². The maximum atomic E-state index is 10.2. The minimum atomic E-state index is -0.705. The molecule has 0 radical (unpaired) electrons. The summed E-state index contributed by atoms with van der Waals surface area (Å²) in [6, 6.07) is 0. The van der Waals surface area contributed by atoms with Gasteiger partial charge in [0.05, 0.1) is 0 Å². The van der Waals surface area contributed by atoms with Crippen LogP contribution in [-0.2, 0) is 4.74 Å². The molecule has 0 aliphatic heterocycles.